The molecule has 0 radical (unpaired) electrons. The fourth-order valence-electron chi connectivity index (χ4n) is 2.21. The maximum Gasteiger partial charge on any atom is 0.253 e. The summed E-state index contributed by atoms with van der Waals surface area (Å²) in [5, 5.41) is 17.2. The highest BCUT2D eigenvalue weighted by Gasteiger charge is 2.39. The van der Waals surface area contributed by atoms with E-state index in [1.54, 1.807) is 0 Å². The quantitative estimate of drug-likeness (QED) is 0.618. The Morgan fingerprint density at radius 2 is 2.18 bits per heavy atom. The highest BCUT2D eigenvalue weighted by molar-refractivity contribution is 7.94. The minimum Gasteiger partial charge on any atom is -0.395 e. The highest BCUT2D eigenvalue weighted by Crippen LogP contribution is 2.39. The molecule has 0 aliphatic carbocycles. The van der Waals surface area contributed by atoms with Crippen molar-refractivity contribution in [1.82, 2.24) is 9.62 Å². The van der Waals surface area contributed by atoms with Crippen molar-refractivity contribution < 1.29 is 21.9 Å². The smallest absolute Gasteiger partial charge is 0.253 e. The Balaban J connectivity index is 0.00000242. The molecule has 1 aromatic rings. The van der Waals surface area contributed by atoms with Gasteiger partial charge in [-0.15, -0.1) is 23.7 Å². The van der Waals surface area contributed by atoms with Crippen LogP contribution in [0.1, 0.15) is 18.5 Å². The molecule has 0 fully saturated rings. The van der Waals surface area contributed by atoms with Crippen LogP contribution in [-0.4, -0.2) is 52.5 Å². The Hall–Kier alpha value is -0.270. The van der Waals surface area contributed by atoms with E-state index in [4.69, 9.17) is 10.2 Å². The summed E-state index contributed by atoms with van der Waals surface area (Å²) >= 11 is 0.644. The summed E-state index contributed by atoms with van der Waals surface area (Å²) in [5.74, 6) is 0. The van der Waals surface area contributed by atoms with E-state index in [1.807, 2.05) is 6.92 Å². The van der Waals surface area contributed by atoms with Crippen LogP contribution in [0.25, 0.3) is 0 Å². The minimum absolute atomic E-state index is 0. The van der Waals surface area contributed by atoms with Gasteiger partial charge in [-0.1, -0.05) is 6.92 Å². The molecule has 1 unspecified atom stereocenters. The molecule has 0 amide bonds. The third-order valence-electron chi connectivity index (χ3n) is 3.12. The molecule has 1 aromatic heterocycles. The van der Waals surface area contributed by atoms with E-state index in [1.165, 1.54) is 6.07 Å². The van der Waals surface area contributed by atoms with Crippen LogP contribution in [0.3, 0.4) is 0 Å². The van der Waals surface area contributed by atoms with Gasteiger partial charge in [0.15, 0.2) is 0 Å². The van der Waals surface area contributed by atoms with E-state index in [9.17, 15) is 16.8 Å². The Morgan fingerprint density at radius 3 is 2.68 bits per heavy atom. The molecule has 4 N–H and O–H groups in total. The van der Waals surface area contributed by atoms with E-state index in [-0.39, 0.29) is 46.6 Å². The molecule has 2 rings (SSSR count). The number of aliphatic hydroxyl groups excluding tert-OH is 1. The second-order valence-corrected chi connectivity index (χ2v) is 9.52. The fraction of sp³-hybridized carbons (Fsp3) is 0.600. The number of sulfonamides is 2. The van der Waals surface area contributed by atoms with Crippen LogP contribution < -0.4 is 10.5 Å². The molecule has 1 aliphatic heterocycles. The second kappa shape index (κ2) is 7.09. The first-order chi connectivity index (χ1) is 9.71. The van der Waals surface area contributed by atoms with E-state index >= 15 is 0 Å². The molecular formula is C10H18ClN3O5S3. The zero-order chi connectivity index (χ0) is 15.8. The zero-order valence-electron chi connectivity index (χ0n) is 11.7. The van der Waals surface area contributed by atoms with Gasteiger partial charge in [0.25, 0.3) is 10.0 Å². The van der Waals surface area contributed by atoms with Gasteiger partial charge in [-0.25, -0.2) is 22.0 Å². The van der Waals surface area contributed by atoms with Crippen molar-refractivity contribution >= 4 is 43.8 Å². The maximum absolute atomic E-state index is 12.4. The first-order valence-electron chi connectivity index (χ1n) is 6.22. The molecule has 12 heteroatoms. The molecule has 128 valence electrons. The SMILES string of the molecule is CCNC1CN(CCO)S(=O)(=O)c2sc(S(N)(=O)=O)cc21.Cl. The number of halogens is 1. The fourth-order valence-corrected chi connectivity index (χ4v) is 6.47. The van der Waals surface area contributed by atoms with Crippen molar-refractivity contribution in [3.05, 3.63) is 11.6 Å². The maximum atomic E-state index is 12.4. The van der Waals surface area contributed by atoms with Crippen LogP contribution in [0.15, 0.2) is 14.5 Å². The number of primary sulfonamides is 1. The summed E-state index contributed by atoms with van der Waals surface area (Å²) < 4.78 is 48.7. The van der Waals surface area contributed by atoms with Crippen LogP contribution in [0.4, 0.5) is 0 Å². The van der Waals surface area contributed by atoms with Gasteiger partial charge in [0.1, 0.15) is 8.42 Å². The second-order valence-electron chi connectivity index (χ2n) is 4.55. The molecule has 0 saturated heterocycles. The Labute approximate surface area is 139 Å². The highest BCUT2D eigenvalue weighted by atomic mass is 35.5. The van der Waals surface area contributed by atoms with E-state index in [0.717, 1.165) is 4.31 Å². The van der Waals surface area contributed by atoms with Crippen molar-refractivity contribution in [2.75, 3.05) is 26.2 Å². The van der Waals surface area contributed by atoms with Crippen LogP contribution in [0.5, 0.6) is 0 Å². The van der Waals surface area contributed by atoms with Gasteiger partial charge in [0.2, 0.25) is 10.0 Å². The number of nitrogens with two attached hydrogens (primary N) is 1. The van der Waals surface area contributed by atoms with Gasteiger partial charge in [-0.05, 0) is 12.6 Å². The molecule has 1 aliphatic rings. The normalized spacial score (nSPS) is 21.1. The molecule has 2 heterocycles. The van der Waals surface area contributed by atoms with Gasteiger partial charge in [-0.3, -0.25) is 0 Å². The number of β-amino-alcohol motifs (C(OH)–C–C–N with tert-alkyl or cyclic N) is 1. The number of hydrogen-bond donors (Lipinski definition) is 3. The number of hydrogen-bond acceptors (Lipinski definition) is 7. The van der Waals surface area contributed by atoms with Gasteiger partial charge < -0.3 is 10.4 Å². The number of nitrogens with zero attached hydrogens (tertiary/aromatic N) is 1. The average molecular weight is 392 g/mol. The zero-order valence-corrected chi connectivity index (χ0v) is 15.0. The summed E-state index contributed by atoms with van der Waals surface area (Å²) in [5.41, 5.74) is 0.417. The lowest BCUT2D eigenvalue weighted by atomic mass is 10.1. The minimum atomic E-state index is -3.96. The van der Waals surface area contributed by atoms with E-state index in [2.05, 4.69) is 5.32 Å². The largest absolute Gasteiger partial charge is 0.395 e. The van der Waals surface area contributed by atoms with Gasteiger partial charge in [0, 0.05) is 24.7 Å². The Morgan fingerprint density at radius 1 is 1.55 bits per heavy atom. The number of nitrogens with one attached hydrogen (secondary N) is 1. The van der Waals surface area contributed by atoms with Gasteiger partial charge >= 0.3 is 0 Å². The number of rotatable bonds is 5. The monoisotopic (exact) mass is 391 g/mol. The summed E-state index contributed by atoms with van der Waals surface area (Å²) in [6.45, 7) is 2.27. The van der Waals surface area contributed by atoms with Crippen molar-refractivity contribution in [2.24, 2.45) is 5.14 Å². The van der Waals surface area contributed by atoms with Crippen molar-refractivity contribution in [1.29, 1.82) is 0 Å². The predicted molar refractivity (Wildman–Crippen MR) is 85.2 cm³/mol. The lowest BCUT2D eigenvalue weighted by molar-refractivity contribution is 0.240. The number of fused-ring (bicyclic) bond motifs is 1. The van der Waals surface area contributed by atoms with Gasteiger partial charge in [0.05, 0.1) is 6.61 Å². The Bertz CT molecular complexity index is 731. The number of aliphatic hydroxyl groups is 1. The standard InChI is InChI=1S/C10H17N3O5S3.ClH/c1-2-12-8-6-13(3-4-14)21(17,18)10-7(8)5-9(19-10)20(11,15)16;/h5,8,12,14H,2-4,6H2,1H3,(H2,11,15,16);1H. The first kappa shape index (κ1) is 19.8. The summed E-state index contributed by atoms with van der Waals surface area (Å²) in [7, 11) is -7.76. The summed E-state index contributed by atoms with van der Waals surface area (Å²) in [4.78, 5) is 0. The Kier molecular flexibility index (Phi) is 6.38. The molecule has 0 spiro atoms. The molecule has 22 heavy (non-hydrogen) atoms. The van der Waals surface area contributed by atoms with E-state index < -0.39 is 20.0 Å². The number of likely N-dealkylation sites (N-methyl/N-ethyl adjacent to an activating group) is 1. The van der Waals surface area contributed by atoms with Crippen molar-refractivity contribution in [3.8, 4) is 0 Å². The van der Waals surface area contributed by atoms with E-state index in [0.29, 0.717) is 23.4 Å². The molecule has 0 bridgehead atoms. The van der Waals surface area contributed by atoms with Crippen LogP contribution >= 0.6 is 23.7 Å². The van der Waals surface area contributed by atoms with Crippen LogP contribution in [0, 0.1) is 0 Å². The average Bonchev–Trinajstić information content (AvgIpc) is 2.82. The van der Waals surface area contributed by atoms with Crippen molar-refractivity contribution in [3.63, 3.8) is 0 Å². The van der Waals surface area contributed by atoms with Crippen LogP contribution in [-0.2, 0) is 20.0 Å². The molecule has 1 atom stereocenters. The third kappa shape index (κ3) is 3.62. The lowest BCUT2D eigenvalue weighted by Gasteiger charge is -2.31. The molecular weight excluding hydrogens is 374 g/mol. The molecule has 0 aromatic carbocycles. The van der Waals surface area contributed by atoms with Crippen molar-refractivity contribution in [2.45, 2.75) is 21.4 Å². The summed E-state index contributed by atoms with van der Waals surface area (Å²) in [6.07, 6.45) is 0. The van der Waals surface area contributed by atoms with Gasteiger partial charge in [-0.2, -0.15) is 4.31 Å². The third-order valence-corrected chi connectivity index (χ3v) is 8.08. The summed E-state index contributed by atoms with van der Waals surface area (Å²) in [6, 6.07) is 0.989. The lowest BCUT2D eigenvalue weighted by Crippen LogP contribution is -2.44. The first-order valence-corrected chi connectivity index (χ1v) is 10.0. The number of thiophene rings is 1. The predicted octanol–water partition coefficient (Wildman–Crippen LogP) is -0.535. The molecule has 8 nitrogen and oxygen atoms in total. The topological polar surface area (TPSA) is 130 Å². The van der Waals surface area contributed by atoms with Crippen LogP contribution in [0.2, 0.25) is 0 Å². The molecule has 0 saturated carbocycles.